The number of hydrogen-bond donors (Lipinski definition) is 1. The van der Waals surface area contributed by atoms with E-state index >= 15 is 0 Å². The number of carbonyl (C=O) groups is 1. The SMILES string of the molecule is COc1ccc([C@H]2CNC(=O)C(=Cc3cc(OC)c(OC)c(OC)c3)C2)cc1OC1CCCC1. The molecule has 34 heavy (non-hydrogen) atoms. The molecule has 1 atom stereocenters. The molecule has 2 aromatic rings. The normalized spacial score (nSPS) is 19.6. The molecule has 0 unspecified atom stereocenters. The second kappa shape index (κ2) is 10.7. The average Bonchev–Trinajstić information content (AvgIpc) is 3.37. The average molecular weight is 468 g/mol. The van der Waals surface area contributed by atoms with Crippen LogP contribution in [0.3, 0.4) is 0 Å². The summed E-state index contributed by atoms with van der Waals surface area (Å²) < 4.78 is 28.1. The number of benzene rings is 2. The van der Waals surface area contributed by atoms with Gasteiger partial charge in [0.15, 0.2) is 23.0 Å². The van der Waals surface area contributed by atoms with Crippen LogP contribution in [0.4, 0.5) is 0 Å². The first kappa shape index (κ1) is 23.8. The third-order valence-corrected chi connectivity index (χ3v) is 6.55. The Bertz CT molecular complexity index is 1030. The van der Waals surface area contributed by atoms with Crippen molar-refractivity contribution in [3.8, 4) is 28.7 Å². The van der Waals surface area contributed by atoms with Crippen LogP contribution in [-0.4, -0.2) is 47.0 Å². The Morgan fingerprint density at radius 2 is 1.53 bits per heavy atom. The largest absolute Gasteiger partial charge is 0.493 e. The zero-order chi connectivity index (χ0) is 24.1. The van der Waals surface area contributed by atoms with Crippen LogP contribution in [0, 0.1) is 0 Å². The van der Waals surface area contributed by atoms with Crippen LogP contribution in [0.15, 0.2) is 35.9 Å². The van der Waals surface area contributed by atoms with E-state index in [4.69, 9.17) is 23.7 Å². The monoisotopic (exact) mass is 467 g/mol. The Kier molecular flexibility index (Phi) is 7.50. The second-order valence-electron chi connectivity index (χ2n) is 8.67. The van der Waals surface area contributed by atoms with E-state index in [0.717, 1.165) is 35.5 Å². The minimum Gasteiger partial charge on any atom is -0.493 e. The van der Waals surface area contributed by atoms with Crippen LogP contribution in [-0.2, 0) is 4.79 Å². The predicted molar refractivity (Wildman–Crippen MR) is 130 cm³/mol. The number of nitrogens with one attached hydrogen (secondary N) is 1. The predicted octanol–water partition coefficient (Wildman–Crippen LogP) is 4.73. The molecule has 182 valence electrons. The number of rotatable bonds is 8. The summed E-state index contributed by atoms with van der Waals surface area (Å²) in [7, 11) is 6.38. The molecule has 1 aliphatic carbocycles. The van der Waals surface area contributed by atoms with Gasteiger partial charge in [0.2, 0.25) is 11.7 Å². The van der Waals surface area contributed by atoms with Crippen molar-refractivity contribution in [2.75, 3.05) is 35.0 Å². The smallest absolute Gasteiger partial charge is 0.247 e. The highest BCUT2D eigenvalue weighted by atomic mass is 16.5. The second-order valence-corrected chi connectivity index (χ2v) is 8.67. The fraction of sp³-hybridized carbons (Fsp3) is 0.444. The molecule has 2 aromatic carbocycles. The quantitative estimate of drug-likeness (QED) is 0.566. The Balaban J connectivity index is 1.60. The summed E-state index contributed by atoms with van der Waals surface area (Å²) in [6.07, 6.45) is 7.30. The van der Waals surface area contributed by atoms with Crippen molar-refractivity contribution in [1.82, 2.24) is 5.32 Å². The minimum atomic E-state index is -0.0686. The van der Waals surface area contributed by atoms with Gasteiger partial charge in [-0.15, -0.1) is 0 Å². The zero-order valence-corrected chi connectivity index (χ0v) is 20.3. The first-order valence-electron chi connectivity index (χ1n) is 11.7. The molecule has 1 aliphatic heterocycles. The van der Waals surface area contributed by atoms with E-state index in [1.54, 1.807) is 28.4 Å². The van der Waals surface area contributed by atoms with Crippen LogP contribution in [0.25, 0.3) is 6.08 Å². The van der Waals surface area contributed by atoms with Crippen molar-refractivity contribution >= 4 is 12.0 Å². The highest BCUT2D eigenvalue weighted by Crippen LogP contribution is 2.40. The van der Waals surface area contributed by atoms with Crippen molar-refractivity contribution in [2.45, 2.75) is 44.1 Å². The number of ether oxygens (including phenoxy) is 5. The molecule has 1 saturated carbocycles. The van der Waals surface area contributed by atoms with Gasteiger partial charge in [0.05, 0.1) is 34.5 Å². The number of amides is 1. The number of methoxy groups -OCH3 is 4. The molecule has 2 fully saturated rings. The van der Waals surface area contributed by atoms with Crippen LogP contribution < -0.4 is 29.0 Å². The summed E-state index contributed by atoms with van der Waals surface area (Å²) in [6.45, 7) is 0.570. The van der Waals surface area contributed by atoms with E-state index in [-0.39, 0.29) is 17.9 Å². The highest BCUT2D eigenvalue weighted by Gasteiger charge is 2.26. The van der Waals surface area contributed by atoms with Crippen molar-refractivity contribution in [3.05, 3.63) is 47.0 Å². The fourth-order valence-electron chi connectivity index (χ4n) is 4.73. The summed E-state index contributed by atoms with van der Waals surface area (Å²) in [5, 5.41) is 3.04. The minimum absolute atomic E-state index is 0.0686. The van der Waals surface area contributed by atoms with E-state index in [1.165, 1.54) is 12.8 Å². The molecule has 7 nitrogen and oxygen atoms in total. The third-order valence-electron chi connectivity index (χ3n) is 6.55. The number of hydrogen-bond acceptors (Lipinski definition) is 6. The summed E-state index contributed by atoms with van der Waals surface area (Å²) in [5.74, 6) is 3.19. The lowest BCUT2D eigenvalue weighted by Crippen LogP contribution is -2.35. The van der Waals surface area contributed by atoms with Gasteiger partial charge in [-0.1, -0.05) is 6.07 Å². The number of carbonyl (C=O) groups excluding carboxylic acids is 1. The molecule has 0 bridgehead atoms. The van der Waals surface area contributed by atoms with E-state index in [0.29, 0.717) is 35.8 Å². The lowest BCUT2D eigenvalue weighted by Gasteiger charge is -2.26. The van der Waals surface area contributed by atoms with Gasteiger partial charge < -0.3 is 29.0 Å². The zero-order valence-electron chi connectivity index (χ0n) is 20.3. The molecular formula is C27H33NO6. The third kappa shape index (κ3) is 5.08. The Labute approximate surface area is 201 Å². The highest BCUT2D eigenvalue weighted by molar-refractivity contribution is 5.99. The van der Waals surface area contributed by atoms with Crippen LogP contribution >= 0.6 is 0 Å². The Morgan fingerprint density at radius 1 is 0.853 bits per heavy atom. The topological polar surface area (TPSA) is 75.3 Å². The van der Waals surface area contributed by atoms with E-state index < -0.39 is 0 Å². The van der Waals surface area contributed by atoms with Crippen molar-refractivity contribution in [1.29, 1.82) is 0 Å². The summed E-state index contributed by atoms with van der Waals surface area (Å²) in [5.41, 5.74) is 2.62. The van der Waals surface area contributed by atoms with E-state index in [1.807, 2.05) is 24.3 Å². The van der Waals surface area contributed by atoms with Gasteiger partial charge in [-0.2, -0.15) is 0 Å². The molecule has 7 heteroatoms. The summed E-state index contributed by atoms with van der Waals surface area (Å²) in [6, 6.07) is 9.76. The van der Waals surface area contributed by atoms with Gasteiger partial charge >= 0.3 is 0 Å². The van der Waals surface area contributed by atoms with Crippen LogP contribution in [0.1, 0.15) is 49.1 Å². The van der Waals surface area contributed by atoms with Gasteiger partial charge in [0.25, 0.3) is 0 Å². The molecule has 0 spiro atoms. The van der Waals surface area contributed by atoms with Gasteiger partial charge in [-0.25, -0.2) is 0 Å². The summed E-state index contributed by atoms with van der Waals surface area (Å²) >= 11 is 0. The molecular weight excluding hydrogens is 434 g/mol. The van der Waals surface area contributed by atoms with Crippen molar-refractivity contribution in [3.63, 3.8) is 0 Å². The van der Waals surface area contributed by atoms with Crippen LogP contribution in [0.5, 0.6) is 28.7 Å². The van der Waals surface area contributed by atoms with Gasteiger partial charge in [0, 0.05) is 18.0 Å². The van der Waals surface area contributed by atoms with Crippen molar-refractivity contribution < 1.29 is 28.5 Å². The molecule has 1 saturated heterocycles. The van der Waals surface area contributed by atoms with E-state index in [2.05, 4.69) is 17.4 Å². The maximum Gasteiger partial charge on any atom is 0.247 e. The standard InChI is InChI=1S/C27H33NO6/c1-30-22-10-9-18(15-23(22)34-21-7-5-6-8-21)20-14-19(27(29)28-16-20)11-17-12-24(31-2)26(33-4)25(13-17)32-3/h9-13,15,20-21H,5-8,14,16H2,1-4H3,(H,28,29)/t20-/m1/s1. The van der Waals surface area contributed by atoms with Crippen LogP contribution in [0.2, 0.25) is 0 Å². The number of piperidine rings is 1. The maximum absolute atomic E-state index is 12.7. The molecule has 4 rings (SSSR count). The lowest BCUT2D eigenvalue weighted by molar-refractivity contribution is -0.118. The first-order valence-corrected chi connectivity index (χ1v) is 11.7. The molecule has 1 amide bonds. The molecule has 0 radical (unpaired) electrons. The molecule has 1 heterocycles. The fourth-order valence-corrected chi connectivity index (χ4v) is 4.73. The summed E-state index contributed by atoms with van der Waals surface area (Å²) in [4.78, 5) is 12.7. The van der Waals surface area contributed by atoms with Crippen molar-refractivity contribution in [2.24, 2.45) is 0 Å². The Morgan fingerprint density at radius 3 is 2.15 bits per heavy atom. The Hall–Kier alpha value is -3.35. The maximum atomic E-state index is 12.7. The van der Waals surface area contributed by atoms with E-state index in [9.17, 15) is 4.79 Å². The van der Waals surface area contributed by atoms with Gasteiger partial charge in [0.1, 0.15) is 0 Å². The van der Waals surface area contributed by atoms with Gasteiger partial charge in [-0.05, 0) is 73.6 Å². The molecule has 0 aromatic heterocycles. The molecule has 2 aliphatic rings. The van der Waals surface area contributed by atoms with Gasteiger partial charge in [-0.3, -0.25) is 4.79 Å². The first-order chi connectivity index (χ1) is 16.6. The molecule has 1 N–H and O–H groups in total. The lowest BCUT2D eigenvalue weighted by atomic mass is 9.87.